The van der Waals surface area contributed by atoms with Crippen LogP contribution >= 0.6 is 11.3 Å². The van der Waals surface area contributed by atoms with Gasteiger partial charge in [0, 0.05) is 31.7 Å². The van der Waals surface area contributed by atoms with Crippen LogP contribution in [-0.2, 0) is 9.47 Å². The van der Waals surface area contributed by atoms with Gasteiger partial charge in [-0.25, -0.2) is 14.2 Å². The summed E-state index contributed by atoms with van der Waals surface area (Å²) in [6.07, 6.45) is 0. The maximum absolute atomic E-state index is 13.6. The molecule has 2 heterocycles. The summed E-state index contributed by atoms with van der Waals surface area (Å²) in [4.78, 5) is 33.5. The monoisotopic (exact) mass is 443 g/mol. The lowest BCUT2D eigenvalue weighted by Crippen LogP contribution is -2.43. The zero-order valence-corrected chi connectivity index (χ0v) is 17.9. The van der Waals surface area contributed by atoms with Crippen LogP contribution in [0.15, 0.2) is 42.5 Å². The highest BCUT2D eigenvalue weighted by atomic mass is 32.1. The average Bonchev–Trinajstić information content (AvgIpc) is 3.22. The third kappa shape index (κ3) is 4.90. The Labute approximate surface area is 183 Å². The van der Waals surface area contributed by atoms with E-state index in [0.29, 0.717) is 52.8 Å². The molecule has 1 aliphatic rings. The summed E-state index contributed by atoms with van der Waals surface area (Å²) in [6, 6.07) is 10.7. The van der Waals surface area contributed by atoms with Gasteiger partial charge >= 0.3 is 5.97 Å². The average molecular weight is 444 g/mol. The molecule has 0 N–H and O–H groups in total. The van der Waals surface area contributed by atoms with E-state index in [1.165, 1.54) is 30.6 Å². The smallest absolute Gasteiger partial charge is 0.337 e. The van der Waals surface area contributed by atoms with Gasteiger partial charge in [-0.05, 0) is 42.5 Å². The van der Waals surface area contributed by atoms with Crippen molar-refractivity contribution in [2.75, 3.05) is 51.4 Å². The molecule has 1 saturated heterocycles. The largest absolute Gasteiger partial charge is 0.465 e. The quantitative estimate of drug-likeness (QED) is 0.545. The Balaban J connectivity index is 1.61. The van der Waals surface area contributed by atoms with Crippen molar-refractivity contribution in [3.8, 4) is 0 Å². The number of thiazole rings is 1. The first-order chi connectivity index (χ1) is 15.0. The molecule has 0 unspecified atom stereocenters. The van der Waals surface area contributed by atoms with Crippen molar-refractivity contribution in [1.82, 2.24) is 9.88 Å². The molecule has 31 heavy (non-hydrogen) atoms. The van der Waals surface area contributed by atoms with Crippen molar-refractivity contribution >= 4 is 38.6 Å². The van der Waals surface area contributed by atoms with Crippen LogP contribution in [0.2, 0.25) is 0 Å². The van der Waals surface area contributed by atoms with E-state index in [4.69, 9.17) is 9.47 Å². The van der Waals surface area contributed by atoms with E-state index < -0.39 is 5.97 Å². The van der Waals surface area contributed by atoms with Gasteiger partial charge in [-0.2, -0.15) is 0 Å². The Kier molecular flexibility index (Phi) is 6.55. The summed E-state index contributed by atoms with van der Waals surface area (Å²) in [5.74, 6) is -1.03. The molecule has 0 atom stereocenters. The number of amides is 1. The molecule has 162 valence electrons. The molecule has 9 heteroatoms. The van der Waals surface area contributed by atoms with Crippen LogP contribution < -0.4 is 4.90 Å². The zero-order chi connectivity index (χ0) is 21.8. The van der Waals surface area contributed by atoms with Gasteiger partial charge in [0.25, 0.3) is 5.91 Å². The van der Waals surface area contributed by atoms with E-state index in [-0.39, 0.29) is 11.7 Å². The van der Waals surface area contributed by atoms with Crippen molar-refractivity contribution < 1.29 is 23.5 Å². The summed E-state index contributed by atoms with van der Waals surface area (Å²) in [5.41, 5.74) is 1.45. The zero-order valence-electron chi connectivity index (χ0n) is 17.0. The first-order valence-corrected chi connectivity index (χ1v) is 10.7. The molecule has 2 aromatic carbocycles. The number of methoxy groups -OCH3 is 1. The Morgan fingerprint density at radius 1 is 1.16 bits per heavy atom. The van der Waals surface area contributed by atoms with Crippen LogP contribution in [0.1, 0.15) is 20.7 Å². The predicted molar refractivity (Wildman–Crippen MR) is 116 cm³/mol. The number of carbonyl (C=O) groups excluding carboxylic acids is 2. The number of rotatable bonds is 6. The SMILES string of the molecule is COC(=O)c1ccc(C(=O)N(CCN2CCOCC2)c2nc3ccc(F)cc3s2)cc1. The van der Waals surface area contributed by atoms with Gasteiger partial charge < -0.3 is 9.47 Å². The van der Waals surface area contributed by atoms with Crippen LogP contribution in [0.4, 0.5) is 9.52 Å². The highest BCUT2D eigenvalue weighted by Crippen LogP contribution is 2.30. The van der Waals surface area contributed by atoms with Crippen LogP contribution in [0.5, 0.6) is 0 Å². The van der Waals surface area contributed by atoms with E-state index in [1.54, 1.807) is 35.2 Å². The fourth-order valence-electron chi connectivity index (χ4n) is 3.37. The van der Waals surface area contributed by atoms with Crippen LogP contribution in [0.3, 0.4) is 0 Å². The summed E-state index contributed by atoms with van der Waals surface area (Å²) in [7, 11) is 1.31. The number of fused-ring (bicyclic) bond motifs is 1. The van der Waals surface area contributed by atoms with Gasteiger partial charge in [0.15, 0.2) is 5.13 Å². The number of esters is 1. The predicted octanol–water partition coefficient (Wildman–Crippen LogP) is 3.20. The van der Waals surface area contributed by atoms with Crippen molar-refractivity contribution in [3.05, 3.63) is 59.4 Å². The number of nitrogens with zero attached hydrogens (tertiary/aromatic N) is 3. The van der Waals surface area contributed by atoms with Crippen molar-refractivity contribution in [2.24, 2.45) is 0 Å². The number of ether oxygens (including phenoxy) is 2. The molecule has 1 fully saturated rings. The molecule has 0 aliphatic carbocycles. The highest BCUT2D eigenvalue weighted by Gasteiger charge is 2.23. The van der Waals surface area contributed by atoms with Gasteiger partial charge in [-0.15, -0.1) is 0 Å². The standard InChI is InChI=1S/C22H22FN3O4S/c1-29-21(28)16-4-2-15(3-5-16)20(27)26(9-8-25-10-12-30-13-11-25)22-24-18-7-6-17(23)14-19(18)31-22/h2-7,14H,8-13H2,1H3. The van der Waals surface area contributed by atoms with E-state index in [1.807, 2.05) is 0 Å². The number of carbonyl (C=O) groups is 2. The Bertz CT molecular complexity index is 1080. The second kappa shape index (κ2) is 9.51. The number of morpholine rings is 1. The van der Waals surface area contributed by atoms with Crippen molar-refractivity contribution in [2.45, 2.75) is 0 Å². The van der Waals surface area contributed by atoms with Gasteiger partial charge in [-0.1, -0.05) is 11.3 Å². The van der Waals surface area contributed by atoms with E-state index in [2.05, 4.69) is 9.88 Å². The highest BCUT2D eigenvalue weighted by molar-refractivity contribution is 7.22. The van der Waals surface area contributed by atoms with E-state index in [0.717, 1.165) is 13.1 Å². The number of hydrogen-bond donors (Lipinski definition) is 0. The summed E-state index contributed by atoms with van der Waals surface area (Å²) < 4.78 is 24.4. The fraction of sp³-hybridized carbons (Fsp3) is 0.318. The molecule has 1 aliphatic heterocycles. The maximum atomic E-state index is 13.6. The van der Waals surface area contributed by atoms with Crippen LogP contribution in [-0.4, -0.2) is 68.3 Å². The van der Waals surface area contributed by atoms with Gasteiger partial charge in [0.1, 0.15) is 5.82 Å². The number of aromatic nitrogens is 1. The molecule has 1 aromatic heterocycles. The lowest BCUT2D eigenvalue weighted by atomic mass is 10.1. The lowest BCUT2D eigenvalue weighted by molar-refractivity contribution is 0.0391. The molecule has 0 spiro atoms. The second-order valence-corrected chi connectivity index (χ2v) is 8.10. The number of benzene rings is 2. The molecule has 4 rings (SSSR count). The molecule has 0 radical (unpaired) electrons. The second-order valence-electron chi connectivity index (χ2n) is 7.09. The number of halogens is 1. The third-order valence-corrected chi connectivity index (χ3v) is 6.15. The minimum atomic E-state index is -0.462. The van der Waals surface area contributed by atoms with E-state index >= 15 is 0 Å². The minimum Gasteiger partial charge on any atom is -0.465 e. The van der Waals surface area contributed by atoms with Crippen molar-refractivity contribution in [1.29, 1.82) is 0 Å². The topological polar surface area (TPSA) is 72.0 Å². The molecule has 7 nitrogen and oxygen atoms in total. The number of hydrogen-bond acceptors (Lipinski definition) is 7. The molecular weight excluding hydrogens is 421 g/mol. The molecule has 3 aromatic rings. The van der Waals surface area contributed by atoms with Crippen molar-refractivity contribution in [3.63, 3.8) is 0 Å². The summed E-state index contributed by atoms with van der Waals surface area (Å²) >= 11 is 1.28. The Morgan fingerprint density at radius 2 is 1.87 bits per heavy atom. The third-order valence-electron chi connectivity index (χ3n) is 5.11. The molecule has 1 amide bonds. The molecule has 0 bridgehead atoms. The lowest BCUT2D eigenvalue weighted by Gasteiger charge is -2.29. The fourth-order valence-corrected chi connectivity index (χ4v) is 4.39. The summed E-state index contributed by atoms with van der Waals surface area (Å²) in [6.45, 7) is 4.05. The first kappa shape index (κ1) is 21.4. The number of anilines is 1. The first-order valence-electron chi connectivity index (χ1n) is 9.91. The Morgan fingerprint density at radius 3 is 2.58 bits per heavy atom. The minimum absolute atomic E-state index is 0.232. The van der Waals surface area contributed by atoms with E-state index in [9.17, 15) is 14.0 Å². The van der Waals surface area contributed by atoms with Gasteiger partial charge in [0.2, 0.25) is 0 Å². The Hall–Kier alpha value is -2.88. The van der Waals surface area contributed by atoms with Crippen LogP contribution in [0.25, 0.3) is 10.2 Å². The van der Waals surface area contributed by atoms with Gasteiger partial charge in [0.05, 0.1) is 36.1 Å². The summed E-state index contributed by atoms with van der Waals surface area (Å²) in [5, 5.41) is 0.510. The normalized spacial score (nSPS) is 14.5. The van der Waals surface area contributed by atoms with Crippen LogP contribution in [0, 0.1) is 5.82 Å². The van der Waals surface area contributed by atoms with Gasteiger partial charge in [-0.3, -0.25) is 14.6 Å². The molecule has 0 saturated carbocycles. The maximum Gasteiger partial charge on any atom is 0.337 e. The molecular formula is C22H22FN3O4S.